The number of rotatable bonds is 2. The Kier molecular flexibility index (Phi) is 3.23. The van der Waals surface area contributed by atoms with Gasteiger partial charge >= 0.3 is 0 Å². The van der Waals surface area contributed by atoms with Gasteiger partial charge in [-0.15, -0.1) is 0 Å². The summed E-state index contributed by atoms with van der Waals surface area (Å²) in [5.74, 6) is -0.357. The number of para-hydroxylation sites is 2. The number of aromatic amines is 1. The molecule has 0 aliphatic carbocycles. The molecule has 5 nitrogen and oxygen atoms in total. The average Bonchev–Trinajstić information content (AvgIpc) is 2.52. The van der Waals surface area contributed by atoms with Gasteiger partial charge in [-0.05, 0) is 31.2 Å². The number of nitrogens with one attached hydrogen (secondary N) is 2. The summed E-state index contributed by atoms with van der Waals surface area (Å²) in [6.07, 6.45) is 1.49. The van der Waals surface area contributed by atoms with Gasteiger partial charge in [-0.2, -0.15) is 5.10 Å². The smallest absolute Gasteiger partial charge is 0.273 e. The molecule has 1 heterocycles. The molecule has 2 N–H and O–H groups in total. The van der Waals surface area contributed by atoms with Gasteiger partial charge in [0.2, 0.25) is 0 Å². The largest absolute Gasteiger partial charge is 0.354 e. The van der Waals surface area contributed by atoms with E-state index in [2.05, 4.69) is 15.5 Å². The van der Waals surface area contributed by atoms with Crippen molar-refractivity contribution in [3.63, 3.8) is 0 Å². The third kappa shape index (κ3) is 2.18. The Balaban J connectivity index is 2.33. The molecular formula is C16H13N3O2. The van der Waals surface area contributed by atoms with Gasteiger partial charge in [0.1, 0.15) is 0 Å². The third-order valence-corrected chi connectivity index (χ3v) is 3.28. The van der Waals surface area contributed by atoms with E-state index in [1.54, 1.807) is 31.2 Å². The molecule has 0 unspecified atom stereocenters. The first kappa shape index (κ1) is 13.1. The molecule has 21 heavy (non-hydrogen) atoms. The number of aromatic nitrogens is 1. The summed E-state index contributed by atoms with van der Waals surface area (Å²) in [6.45, 7) is 1.71. The molecule has 0 spiro atoms. The van der Waals surface area contributed by atoms with Crippen LogP contribution >= 0.6 is 0 Å². The fourth-order valence-electron chi connectivity index (χ4n) is 2.32. The van der Waals surface area contributed by atoms with E-state index in [4.69, 9.17) is 0 Å². The second kappa shape index (κ2) is 5.20. The van der Waals surface area contributed by atoms with Crippen LogP contribution in [0.25, 0.3) is 21.8 Å². The van der Waals surface area contributed by atoms with Crippen LogP contribution < -0.4 is 10.9 Å². The maximum atomic E-state index is 12.5. The van der Waals surface area contributed by atoms with E-state index in [0.29, 0.717) is 27.4 Å². The number of hydrazone groups is 1. The molecule has 2 aromatic carbocycles. The molecule has 5 heteroatoms. The van der Waals surface area contributed by atoms with Crippen LogP contribution in [-0.2, 0) is 0 Å². The Morgan fingerprint density at radius 2 is 1.90 bits per heavy atom. The number of H-pyrrole nitrogens is 1. The fourth-order valence-corrected chi connectivity index (χ4v) is 2.32. The molecule has 1 amide bonds. The van der Waals surface area contributed by atoms with Crippen molar-refractivity contribution in [2.75, 3.05) is 0 Å². The van der Waals surface area contributed by atoms with E-state index in [1.165, 1.54) is 6.21 Å². The van der Waals surface area contributed by atoms with Gasteiger partial charge in [0.25, 0.3) is 5.91 Å². The monoisotopic (exact) mass is 279 g/mol. The van der Waals surface area contributed by atoms with Crippen molar-refractivity contribution in [2.45, 2.75) is 6.92 Å². The third-order valence-electron chi connectivity index (χ3n) is 3.28. The van der Waals surface area contributed by atoms with Crippen molar-refractivity contribution in [3.8, 4) is 0 Å². The molecule has 0 atom stereocenters. The van der Waals surface area contributed by atoms with Crippen LogP contribution in [-0.4, -0.2) is 17.1 Å². The Labute approximate surface area is 120 Å². The van der Waals surface area contributed by atoms with E-state index < -0.39 is 0 Å². The van der Waals surface area contributed by atoms with Gasteiger partial charge in [-0.1, -0.05) is 18.2 Å². The number of pyridine rings is 1. The maximum absolute atomic E-state index is 12.5. The van der Waals surface area contributed by atoms with Crippen molar-refractivity contribution in [2.24, 2.45) is 5.10 Å². The van der Waals surface area contributed by atoms with Gasteiger partial charge in [0.15, 0.2) is 5.43 Å². The minimum absolute atomic E-state index is 0.0898. The molecule has 3 aromatic rings. The molecule has 0 aliphatic rings. The van der Waals surface area contributed by atoms with Gasteiger partial charge in [-0.25, -0.2) is 5.43 Å². The maximum Gasteiger partial charge on any atom is 0.273 e. The molecule has 0 bridgehead atoms. The number of fused-ring (bicyclic) bond motifs is 2. The summed E-state index contributed by atoms with van der Waals surface area (Å²) in [5, 5.41) is 4.82. The van der Waals surface area contributed by atoms with E-state index >= 15 is 0 Å². The van der Waals surface area contributed by atoms with Crippen molar-refractivity contribution in [1.29, 1.82) is 0 Å². The zero-order valence-electron chi connectivity index (χ0n) is 11.4. The van der Waals surface area contributed by atoms with E-state index in [9.17, 15) is 9.59 Å². The lowest BCUT2D eigenvalue weighted by Crippen LogP contribution is -2.19. The molecule has 0 radical (unpaired) electrons. The van der Waals surface area contributed by atoms with Crippen LogP contribution in [0.2, 0.25) is 0 Å². The molecule has 0 saturated carbocycles. The number of amides is 1. The number of hydrogen-bond acceptors (Lipinski definition) is 3. The lowest BCUT2D eigenvalue weighted by atomic mass is 10.1. The van der Waals surface area contributed by atoms with Crippen LogP contribution in [0.3, 0.4) is 0 Å². The predicted octanol–water partition coefficient (Wildman–Crippen LogP) is 2.42. The normalized spacial score (nSPS) is 11.3. The van der Waals surface area contributed by atoms with Gasteiger partial charge in [0.05, 0.1) is 11.1 Å². The van der Waals surface area contributed by atoms with Crippen molar-refractivity contribution in [1.82, 2.24) is 10.4 Å². The Hall–Kier alpha value is -2.95. The highest BCUT2D eigenvalue weighted by atomic mass is 16.2. The number of benzene rings is 2. The van der Waals surface area contributed by atoms with Crippen LogP contribution in [0.4, 0.5) is 0 Å². The average molecular weight is 279 g/mol. The molecule has 3 rings (SSSR count). The molecule has 0 fully saturated rings. The first-order valence-electron chi connectivity index (χ1n) is 6.54. The number of nitrogens with zero attached hydrogens (tertiary/aromatic N) is 1. The van der Waals surface area contributed by atoms with Gasteiger partial charge in [-0.3, -0.25) is 9.59 Å². The quantitative estimate of drug-likeness (QED) is 0.429. The lowest BCUT2D eigenvalue weighted by Gasteiger charge is -2.07. The first-order valence-corrected chi connectivity index (χ1v) is 6.54. The predicted molar refractivity (Wildman–Crippen MR) is 83.7 cm³/mol. The second-order valence-corrected chi connectivity index (χ2v) is 4.56. The van der Waals surface area contributed by atoms with E-state index in [1.807, 2.05) is 18.2 Å². The standard InChI is InChI=1S/C16H13N3O2/c1-2-17-19-16(21)12-8-5-7-11-14(12)18-13-9-4-3-6-10(13)15(11)20/h2-9H,1H3,(H,18,20)(H,19,21)/b17-2+. The second-order valence-electron chi connectivity index (χ2n) is 4.56. The van der Waals surface area contributed by atoms with Crippen LogP contribution in [0.5, 0.6) is 0 Å². The minimum atomic E-state index is -0.357. The highest BCUT2D eigenvalue weighted by Gasteiger charge is 2.13. The zero-order chi connectivity index (χ0) is 14.8. The summed E-state index contributed by atoms with van der Waals surface area (Å²) in [5.41, 5.74) is 3.94. The lowest BCUT2D eigenvalue weighted by molar-refractivity contribution is 0.0956. The number of carbonyl (C=O) groups is 1. The summed E-state index contributed by atoms with van der Waals surface area (Å²) in [7, 11) is 0. The number of carbonyl (C=O) groups excluding carboxylic acids is 1. The Bertz CT molecular complexity index is 926. The molecule has 104 valence electrons. The van der Waals surface area contributed by atoms with Crippen LogP contribution in [0, 0.1) is 0 Å². The summed E-state index contributed by atoms with van der Waals surface area (Å²) in [6, 6.07) is 12.3. The van der Waals surface area contributed by atoms with Crippen LogP contribution in [0.1, 0.15) is 17.3 Å². The Morgan fingerprint density at radius 1 is 1.14 bits per heavy atom. The fraction of sp³-hybridized carbons (Fsp3) is 0.0625. The summed E-state index contributed by atoms with van der Waals surface area (Å²) < 4.78 is 0. The summed E-state index contributed by atoms with van der Waals surface area (Å²) in [4.78, 5) is 27.8. The highest BCUT2D eigenvalue weighted by Crippen LogP contribution is 2.18. The van der Waals surface area contributed by atoms with E-state index in [0.717, 1.165) is 0 Å². The topological polar surface area (TPSA) is 74.3 Å². The molecule has 0 saturated heterocycles. The zero-order valence-corrected chi connectivity index (χ0v) is 11.4. The molecular weight excluding hydrogens is 266 g/mol. The number of hydrogen-bond donors (Lipinski definition) is 2. The first-order chi connectivity index (χ1) is 10.2. The van der Waals surface area contributed by atoms with Gasteiger partial charge in [0, 0.05) is 22.5 Å². The summed E-state index contributed by atoms with van der Waals surface area (Å²) >= 11 is 0. The van der Waals surface area contributed by atoms with Crippen molar-refractivity contribution in [3.05, 3.63) is 58.3 Å². The molecule has 1 aromatic heterocycles. The minimum Gasteiger partial charge on any atom is -0.354 e. The van der Waals surface area contributed by atoms with Gasteiger partial charge < -0.3 is 4.98 Å². The van der Waals surface area contributed by atoms with E-state index in [-0.39, 0.29) is 11.3 Å². The van der Waals surface area contributed by atoms with Crippen molar-refractivity contribution < 1.29 is 4.79 Å². The molecule has 0 aliphatic heterocycles. The Morgan fingerprint density at radius 3 is 2.71 bits per heavy atom. The highest BCUT2D eigenvalue weighted by molar-refractivity contribution is 6.07. The SMILES string of the molecule is C/C=N/NC(=O)c1cccc2c(=O)c3ccccc3[nH]c12. The van der Waals surface area contributed by atoms with Crippen LogP contribution in [0.15, 0.2) is 52.4 Å². The van der Waals surface area contributed by atoms with Crippen molar-refractivity contribution >= 4 is 33.9 Å².